The Kier molecular flexibility index (Phi) is 3.99. The van der Waals surface area contributed by atoms with Crippen LogP contribution in [-0.2, 0) is 18.0 Å². The number of nitrogens with zero attached hydrogens (tertiary/aromatic N) is 1. The van der Waals surface area contributed by atoms with Gasteiger partial charge < -0.3 is 14.6 Å². The Morgan fingerprint density at radius 1 is 1.54 bits per heavy atom. The number of aromatic nitrogens is 1. The number of methoxy groups -OCH3 is 1. The zero-order valence-corrected chi connectivity index (χ0v) is 8.58. The summed E-state index contributed by atoms with van der Waals surface area (Å²) in [7, 11) is 1.70. The first-order valence-corrected chi connectivity index (χ1v) is 4.59. The molecular formula is C10H18N2O. The highest BCUT2D eigenvalue weighted by Crippen LogP contribution is 2.01. The summed E-state index contributed by atoms with van der Waals surface area (Å²) in [5.74, 6) is 0. The molecule has 1 rings (SSSR count). The van der Waals surface area contributed by atoms with Crippen LogP contribution in [0.4, 0.5) is 0 Å². The Labute approximate surface area is 79.7 Å². The normalized spacial score (nSPS) is 11.1. The SMILES string of the molecule is COCn1ccc(CNC(C)C)c1. The quantitative estimate of drug-likeness (QED) is 0.748. The molecule has 0 aliphatic heterocycles. The molecule has 1 heterocycles. The van der Waals surface area contributed by atoms with E-state index in [1.165, 1.54) is 5.56 Å². The van der Waals surface area contributed by atoms with Gasteiger partial charge in [0.25, 0.3) is 0 Å². The Bertz CT molecular complexity index is 243. The molecule has 0 aromatic carbocycles. The van der Waals surface area contributed by atoms with Crippen LogP contribution < -0.4 is 5.32 Å². The van der Waals surface area contributed by atoms with Gasteiger partial charge in [-0.05, 0) is 11.6 Å². The largest absolute Gasteiger partial charge is 0.364 e. The maximum atomic E-state index is 5.01. The van der Waals surface area contributed by atoms with Gasteiger partial charge >= 0.3 is 0 Å². The van der Waals surface area contributed by atoms with E-state index in [1.807, 2.05) is 10.8 Å². The van der Waals surface area contributed by atoms with Crippen molar-refractivity contribution in [2.75, 3.05) is 7.11 Å². The molecule has 0 aliphatic rings. The van der Waals surface area contributed by atoms with Crippen molar-refractivity contribution in [2.24, 2.45) is 0 Å². The maximum Gasteiger partial charge on any atom is 0.121 e. The number of hydrogen-bond acceptors (Lipinski definition) is 2. The first-order valence-electron chi connectivity index (χ1n) is 4.59. The summed E-state index contributed by atoms with van der Waals surface area (Å²) >= 11 is 0. The zero-order chi connectivity index (χ0) is 9.68. The molecular weight excluding hydrogens is 164 g/mol. The Morgan fingerprint density at radius 3 is 2.92 bits per heavy atom. The van der Waals surface area contributed by atoms with E-state index >= 15 is 0 Å². The molecule has 0 bridgehead atoms. The average Bonchev–Trinajstić information content (AvgIpc) is 2.50. The van der Waals surface area contributed by atoms with Gasteiger partial charge in [-0.25, -0.2) is 0 Å². The van der Waals surface area contributed by atoms with Crippen molar-refractivity contribution in [3.05, 3.63) is 24.0 Å². The molecule has 0 amide bonds. The Balaban J connectivity index is 2.39. The molecule has 13 heavy (non-hydrogen) atoms. The first kappa shape index (κ1) is 10.3. The summed E-state index contributed by atoms with van der Waals surface area (Å²) in [6, 6.07) is 2.64. The molecule has 1 N–H and O–H groups in total. The van der Waals surface area contributed by atoms with Crippen molar-refractivity contribution in [1.29, 1.82) is 0 Å². The van der Waals surface area contributed by atoms with Crippen LogP contribution in [0.15, 0.2) is 18.5 Å². The second-order valence-corrected chi connectivity index (χ2v) is 3.49. The van der Waals surface area contributed by atoms with E-state index in [4.69, 9.17) is 4.74 Å². The van der Waals surface area contributed by atoms with E-state index in [0.717, 1.165) is 6.54 Å². The molecule has 1 aromatic rings. The summed E-state index contributed by atoms with van der Waals surface area (Å²) in [5, 5.41) is 3.36. The van der Waals surface area contributed by atoms with Gasteiger partial charge in [0.1, 0.15) is 6.73 Å². The highest BCUT2D eigenvalue weighted by Gasteiger charge is 1.97. The van der Waals surface area contributed by atoms with E-state index in [0.29, 0.717) is 12.8 Å². The predicted octanol–water partition coefficient (Wildman–Crippen LogP) is 1.59. The molecule has 1 aromatic heterocycles. The van der Waals surface area contributed by atoms with E-state index in [9.17, 15) is 0 Å². The minimum absolute atomic E-state index is 0.533. The fourth-order valence-corrected chi connectivity index (χ4v) is 1.15. The average molecular weight is 182 g/mol. The van der Waals surface area contributed by atoms with Crippen LogP contribution in [-0.4, -0.2) is 17.7 Å². The fourth-order valence-electron chi connectivity index (χ4n) is 1.15. The first-order chi connectivity index (χ1) is 6.22. The molecule has 0 atom stereocenters. The van der Waals surface area contributed by atoms with Crippen LogP contribution in [0, 0.1) is 0 Å². The number of nitrogens with one attached hydrogen (secondary N) is 1. The topological polar surface area (TPSA) is 26.2 Å². The van der Waals surface area contributed by atoms with Crippen LogP contribution in [0.25, 0.3) is 0 Å². The lowest BCUT2D eigenvalue weighted by Gasteiger charge is -2.05. The van der Waals surface area contributed by atoms with Crippen molar-refractivity contribution >= 4 is 0 Å². The summed E-state index contributed by atoms with van der Waals surface area (Å²) in [6.45, 7) is 5.84. The monoisotopic (exact) mass is 182 g/mol. The van der Waals surface area contributed by atoms with Crippen LogP contribution in [0.2, 0.25) is 0 Å². The lowest BCUT2D eigenvalue weighted by atomic mass is 10.3. The van der Waals surface area contributed by atoms with E-state index < -0.39 is 0 Å². The molecule has 0 fully saturated rings. The van der Waals surface area contributed by atoms with Crippen molar-refractivity contribution in [1.82, 2.24) is 9.88 Å². The van der Waals surface area contributed by atoms with Gasteiger partial charge in [-0.3, -0.25) is 0 Å². The highest BCUT2D eigenvalue weighted by molar-refractivity contribution is 5.09. The smallest absolute Gasteiger partial charge is 0.121 e. The number of ether oxygens (including phenoxy) is 1. The molecule has 74 valence electrons. The Hall–Kier alpha value is -0.800. The van der Waals surface area contributed by atoms with E-state index in [1.54, 1.807) is 7.11 Å². The van der Waals surface area contributed by atoms with Gasteiger partial charge in [-0.2, -0.15) is 0 Å². The molecule has 0 unspecified atom stereocenters. The van der Waals surface area contributed by atoms with Crippen molar-refractivity contribution < 1.29 is 4.74 Å². The fraction of sp³-hybridized carbons (Fsp3) is 0.600. The van der Waals surface area contributed by atoms with Gasteiger partial charge in [0, 0.05) is 32.1 Å². The van der Waals surface area contributed by atoms with Crippen LogP contribution in [0.3, 0.4) is 0 Å². The van der Waals surface area contributed by atoms with Gasteiger partial charge in [-0.15, -0.1) is 0 Å². The van der Waals surface area contributed by atoms with Gasteiger partial charge in [0.05, 0.1) is 0 Å². The standard InChI is InChI=1S/C10H18N2O/c1-9(2)11-6-10-4-5-12(7-10)8-13-3/h4-5,7,9,11H,6,8H2,1-3H3. The van der Waals surface area contributed by atoms with Crippen LogP contribution in [0.5, 0.6) is 0 Å². The van der Waals surface area contributed by atoms with Crippen molar-refractivity contribution in [2.45, 2.75) is 33.2 Å². The Morgan fingerprint density at radius 2 is 2.31 bits per heavy atom. The van der Waals surface area contributed by atoms with E-state index in [-0.39, 0.29) is 0 Å². The molecule has 0 saturated heterocycles. The highest BCUT2D eigenvalue weighted by atomic mass is 16.5. The molecule has 0 saturated carbocycles. The lowest BCUT2D eigenvalue weighted by Crippen LogP contribution is -2.21. The summed E-state index contributed by atoms with van der Waals surface area (Å²) < 4.78 is 7.03. The zero-order valence-electron chi connectivity index (χ0n) is 8.58. The van der Waals surface area contributed by atoms with Gasteiger partial charge in [-0.1, -0.05) is 13.8 Å². The summed E-state index contributed by atoms with van der Waals surface area (Å²) in [5.41, 5.74) is 1.30. The molecule has 3 nitrogen and oxygen atoms in total. The third kappa shape index (κ3) is 3.61. The molecule has 0 aliphatic carbocycles. The van der Waals surface area contributed by atoms with Crippen molar-refractivity contribution in [3.8, 4) is 0 Å². The second kappa shape index (κ2) is 5.04. The van der Waals surface area contributed by atoms with Crippen LogP contribution >= 0.6 is 0 Å². The predicted molar refractivity (Wildman–Crippen MR) is 53.4 cm³/mol. The van der Waals surface area contributed by atoms with Gasteiger partial charge in [0.15, 0.2) is 0 Å². The molecule has 3 heteroatoms. The summed E-state index contributed by atoms with van der Waals surface area (Å²) in [4.78, 5) is 0. The molecule has 0 radical (unpaired) electrons. The third-order valence-electron chi connectivity index (χ3n) is 1.80. The third-order valence-corrected chi connectivity index (χ3v) is 1.80. The molecule has 0 spiro atoms. The van der Waals surface area contributed by atoms with Crippen molar-refractivity contribution in [3.63, 3.8) is 0 Å². The number of hydrogen-bond donors (Lipinski definition) is 1. The minimum atomic E-state index is 0.533. The second-order valence-electron chi connectivity index (χ2n) is 3.49. The lowest BCUT2D eigenvalue weighted by molar-refractivity contribution is 0.131. The van der Waals surface area contributed by atoms with E-state index in [2.05, 4.69) is 31.4 Å². The maximum absolute atomic E-state index is 5.01. The summed E-state index contributed by atoms with van der Waals surface area (Å²) in [6.07, 6.45) is 4.12. The minimum Gasteiger partial charge on any atom is -0.364 e. The van der Waals surface area contributed by atoms with Crippen LogP contribution in [0.1, 0.15) is 19.4 Å². The van der Waals surface area contributed by atoms with Gasteiger partial charge in [0.2, 0.25) is 0 Å². The number of rotatable bonds is 5.